The van der Waals surface area contributed by atoms with Gasteiger partial charge in [-0.2, -0.15) is 0 Å². The molecule has 7 heteroatoms. The van der Waals surface area contributed by atoms with Crippen LogP contribution in [0.5, 0.6) is 0 Å². The van der Waals surface area contributed by atoms with Crippen molar-refractivity contribution < 1.29 is 0 Å². The molecule has 5 aromatic rings. The van der Waals surface area contributed by atoms with Gasteiger partial charge in [0.2, 0.25) is 0 Å². The molecule has 0 fully saturated rings. The largest absolute Gasteiger partial charge is 0.306 e. The summed E-state index contributed by atoms with van der Waals surface area (Å²) < 4.78 is 3.82. The molecular formula is C20H15ClN6. The van der Waals surface area contributed by atoms with Crippen molar-refractivity contribution in [2.45, 2.75) is 13.8 Å². The second kappa shape index (κ2) is 5.89. The molecule has 132 valence electrons. The third-order valence-corrected chi connectivity index (χ3v) is 4.92. The van der Waals surface area contributed by atoms with E-state index in [9.17, 15) is 0 Å². The van der Waals surface area contributed by atoms with Gasteiger partial charge in [-0.05, 0) is 32.0 Å². The fraction of sp³-hybridized carbons (Fsp3) is 0.100. The summed E-state index contributed by atoms with van der Waals surface area (Å²) in [7, 11) is 0. The van der Waals surface area contributed by atoms with Gasteiger partial charge in [-0.15, -0.1) is 5.10 Å². The van der Waals surface area contributed by atoms with Gasteiger partial charge in [-0.25, -0.2) is 14.5 Å². The maximum atomic E-state index is 5.99. The van der Waals surface area contributed by atoms with Crippen LogP contribution >= 0.6 is 11.6 Å². The van der Waals surface area contributed by atoms with Crippen molar-refractivity contribution in [1.29, 1.82) is 0 Å². The van der Waals surface area contributed by atoms with E-state index >= 15 is 0 Å². The summed E-state index contributed by atoms with van der Waals surface area (Å²) in [6.07, 6.45) is 7.49. The van der Waals surface area contributed by atoms with Gasteiger partial charge in [0.15, 0.2) is 11.5 Å². The second-order valence-electron chi connectivity index (χ2n) is 6.47. The fourth-order valence-electron chi connectivity index (χ4n) is 3.23. The molecule has 0 saturated carbocycles. The molecule has 0 aliphatic carbocycles. The summed E-state index contributed by atoms with van der Waals surface area (Å²) in [6.45, 7) is 4.00. The van der Waals surface area contributed by atoms with Crippen molar-refractivity contribution in [3.05, 3.63) is 71.4 Å². The minimum absolute atomic E-state index is 0.669. The van der Waals surface area contributed by atoms with E-state index in [2.05, 4.69) is 15.1 Å². The van der Waals surface area contributed by atoms with Crippen molar-refractivity contribution in [2.75, 3.05) is 0 Å². The zero-order valence-electron chi connectivity index (χ0n) is 14.8. The maximum Gasteiger partial charge on any atom is 0.182 e. The summed E-state index contributed by atoms with van der Waals surface area (Å²) in [6, 6.07) is 9.71. The molecule has 6 nitrogen and oxygen atoms in total. The first-order valence-corrected chi connectivity index (χ1v) is 8.90. The fourth-order valence-corrected chi connectivity index (χ4v) is 3.36. The van der Waals surface area contributed by atoms with Gasteiger partial charge in [0.25, 0.3) is 0 Å². The average Bonchev–Trinajstić information content (AvgIpc) is 3.28. The number of imidazole rings is 1. The van der Waals surface area contributed by atoms with Gasteiger partial charge in [0.05, 0.1) is 17.6 Å². The van der Waals surface area contributed by atoms with Crippen LogP contribution in [0.25, 0.3) is 33.9 Å². The second-order valence-corrected chi connectivity index (χ2v) is 6.91. The van der Waals surface area contributed by atoms with Gasteiger partial charge in [-0.3, -0.25) is 4.98 Å². The van der Waals surface area contributed by atoms with Crippen LogP contribution in [0.4, 0.5) is 0 Å². The number of benzene rings is 1. The van der Waals surface area contributed by atoms with E-state index in [0.29, 0.717) is 10.8 Å². The predicted molar refractivity (Wildman–Crippen MR) is 105 cm³/mol. The van der Waals surface area contributed by atoms with E-state index in [1.807, 2.05) is 61.0 Å². The summed E-state index contributed by atoms with van der Waals surface area (Å²) in [5.74, 6) is 0.669. The van der Waals surface area contributed by atoms with Crippen LogP contribution in [0.3, 0.4) is 0 Å². The lowest BCUT2D eigenvalue weighted by Crippen LogP contribution is -1.95. The smallest absolute Gasteiger partial charge is 0.182 e. The molecule has 0 bridgehead atoms. The van der Waals surface area contributed by atoms with Gasteiger partial charge in [0, 0.05) is 40.3 Å². The van der Waals surface area contributed by atoms with E-state index < -0.39 is 0 Å². The molecule has 5 rings (SSSR count). The van der Waals surface area contributed by atoms with Crippen LogP contribution < -0.4 is 0 Å². The first-order chi connectivity index (χ1) is 13.1. The Bertz CT molecular complexity index is 1300. The van der Waals surface area contributed by atoms with E-state index in [1.54, 1.807) is 16.9 Å². The quantitative estimate of drug-likeness (QED) is 0.460. The van der Waals surface area contributed by atoms with Crippen LogP contribution in [0.2, 0.25) is 5.02 Å². The molecule has 0 amide bonds. The number of hydrogen-bond acceptors (Lipinski definition) is 4. The van der Waals surface area contributed by atoms with Gasteiger partial charge in [-0.1, -0.05) is 23.7 Å². The highest BCUT2D eigenvalue weighted by molar-refractivity contribution is 6.30. The number of aryl methyl sites for hydroxylation is 2. The van der Waals surface area contributed by atoms with Crippen molar-refractivity contribution >= 4 is 22.9 Å². The van der Waals surface area contributed by atoms with Crippen LogP contribution in [-0.2, 0) is 0 Å². The monoisotopic (exact) mass is 374 g/mol. The number of fused-ring (bicyclic) bond motifs is 2. The highest BCUT2D eigenvalue weighted by Gasteiger charge is 2.14. The first-order valence-electron chi connectivity index (χ1n) is 8.52. The average molecular weight is 375 g/mol. The Morgan fingerprint density at radius 3 is 2.56 bits per heavy atom. The van der Waals surface area contributed by atoms with Crippen molar-refractivity contribution in [1.82, 2.24) is 29.0 Å². The third kappa shape index (κ3) is 2.57. The molecule has 0 aliphatic rings. The predicted octanol–water partition coefficient (Wildman–Crippen LogP) is 4.38. The normalized spacial score (nSPS) is 11.5. The number of hydrogen-bond donors (Lipinski definition) is 0. The minimum atomic E-state index is 0.669. The lowest BCUT2D eigenvalue weighted by molar-refractivity contribution is 0.901. The highest BCUT2D eigenvalue weighted by Crippen LogP contribution is 2.27. The van der Waals surface area contributed by atoms with Crippen LogP contribution in [0.1, 0.15) is 11.3 Å². The Morgan fingerprint density at radius 2 is 1.78 bits per heavy atom. The van der Waals surface area contributed by atoms with E-state index in [1.165, 1.54) is 0 Å². The molecule has 4 aromatic heterocycles. The summed E-state index contributed by atoms with van der Waals surface area (Å²) in [5.41, 5.74) is 6.46. The van der Waals surface area contributed by atoms with Crippen molar-refractivity contribution in [3.8, 4) is 22.6 Å². The molecule has 0 unspecified atom stereocenters. The van der Waals surface area contributed by atoms with Crippen molar-refractivity contribution in [3.63, 3.8) is 0 Å². The van der Waals surface area contributed by atoms with Crippen LogP contribution in [-0.4, -0.2) is 29.0 Å². The molecule has 0 spiro atoms. The highest BCUT2D eigenvalue weighted by atomic mass is 35.5. The van der Waals surface area contributed by atoms with E-state index in [-0.39, 0.29) is 0 Å². The summed E-state index contributed by atoms with van der Waals surface area (Å²) in [5, 5.41) is 5.35. The standard InChI is InChI=1S/C20H15ClN6/c1-12-9-22-10-18-24-19(25-27(12)18)16-7-8-26-11-17(23-20(26)13(16)2)14-3-5-15(21)6-4-14/h3-11H,1-2H3. The molecule has 1 aromatic carbocycles. The number of pyridine rings is 1. The number of nitrogens with zero attached hydrogens (tertiary/aromatic N) is 6. The van der Waals surface area contributed by atoms with Gasteiger partial charge < -0.3 is 4.40 Å². The van der Waals surface area contributed by atoms with Gasteiger partial charge in [0.1, 0.15) is 5.65 Å². The van der Waals surface area contributed by atoms with Crippen LogP contribution in [0, 0.1) is 13.8 Å². The topological polar surface area (TPSA) is 60.4 Å². The lowest BCUT2D eigenvalue weighted by Gasteiger charge is -2.03. The number of aromatic nitrogens is 6. The minimum Gasteiger partial charge on any atom is -0.306 e. The molecule has 0 atom stereocenters. The zero-order valence-corrected chi connectivity index (χ0v) is 15.5. The Morgan fingerprint density at radius 1 is 0.963 bits per heavy atom. The Hall–Kier alpha value is -3.25. The molecule has 0 N–H and O–H groups in total. The molecule has 0 saturated heterocycles. The molecule has 27 heavy (non-hydrogen) atoms. The lowest BCUT2D eigenvalue weighted by atomic mass is 10.1. The molecule has 4 heterocycles. The van der Waals surface area contributed by atoms with Crippen LogP contribution in [0.15, 0.2) is 55.1 Å². The maximum absolute atomic E-state index is 5.99. The number of rotatable bonds is 2. The Kier molecular flexibility index (Phi) is 3.48. The first kappa shape index (κ1) is 16.0. The molecule has 0 aliphatic heterocycles. The van der Waals surface area contributed by atoms with Gasteiger partial charge >= 0.3 is 0 Å². The summed E-state index contributed by atoms with van der Waals surface area (Å²) >= 11 is 5.99. The SMILES string of the molecule is Cc1c(-c2nc3cncc(C)n3n2)ccn2cc(-c3ccc(Cl)cc3)nc12. The summed E-state index contributed by atoms with van der Waals surface area (Å²) in [4.78, 5) is 13.6. The Labute approximate surface area is 160 Å². The molecule has 0 radical (unpaired) electrons. The number of halogens is 1. The van der Waals surface area contributed by atoms with E-state index in [4.69, 9.17) is 16.6 Å². The Balaban J connectivity index is 1.66. The van der Waals surface area contributed by atoms with E-state index in [0.717, 1.165) is 39.4 Å². The zero-order chi connectivity index (χ0) is 18.5. The molecular weight excluding hydrogens is 360 g/mol. The van der Waals surface area contributed by atoms with Crippen molar-refractivity contribution in [2.24, 2.45) is 0 Å². The third-order valence-electron chi connectivity index (χ3n) is 4.67.